The highest BCUT2D eigenvalue weighted by atomic mass is 32.2. The van der Waals surface area contributed by atoms with Crippen LogP contribution in [0.3, 0.4) is 0 Å². The molecule has 0 spiro atoms. The molecule has 1 atom stereocenters. The fourth-order valence-corrected chi connectivity index (χ4v) is 6.72. The Bertz CT molecular complexity index is 1530. The Hall–Kier alpha value is -3.30. The van der Waals surface area contributed by atoms with E-state index < -0.39 is 27.4 Å². The number of ketones is 1. The molecular weight excluding hydrogens is 491 g/mol. The quantitative estimate of drug-likeness (QED) is 0.426. The first-order valence-corrected chi connectivity index (χ1v) is 14.2. The lowest BCUT2D eigenvalue weighted by Gasteiger charge is -2.17. The summed E-state index contributed by atoms with van der Waals surface area (Å²) in [6.45, 7) is 2.88. The number of hydrogen-bond donors (Lipinski definition) is 0. The summed E-state index contributed by atoms with van der Waals surface area (Å²) in [5.74, 6) is -0.145. The van der Waals surface area contributed by atoms with E-state index in [1.54, 1.807) is 24.7 Å². The second-order valence-corrected chi connectivity index (χ2v) is 12.2. The first-order chi connectivity index (χ1) is 17.8. The average molecular weight is 519 g/mol. The number of carbonyl (C=O) groups excluding carboxylic acids is 1. The van der Waals surface area contributed by atoms with Crippen LogP contribution in [0, 0.1) is 11.7 Å². The molecular formula is C28H27FN4O3S. The van der Waals surface area contributed by atoms with E-state index in [9.17, 15) is 13.2 Å². The van der Waals surface area contributed by atoms with Crippen LogP contribution in [0.15, 0.2) is 48.9 Å². The minimum Gasteiger partial charge on any atom is -0.288 e. The Morgan fingerprint density at radius 3 is 2.54 bits per heavy atom. The third-order valence-electron chi connectivity index (χ3n) is 7.39. The zero-order valence-electron chi connectivity index (χ0n) is 20.5. The van der Waals surface area contributed by atoms with Gasteiger partial charge < -0.3 is 0 Å². The lowest BCUT2D eigenvalue weighted by molar-refractivity contribution is 0.105. The van der Waals surface area contributed by atoms with Gasteiger partial charge in [0.25, 0.3) is 0 Å². The molecule has 2 aromatic heterocycles. The predicted molar refractivity (Wildman–Crippen MR) is 138 cm³/mol. The number of Topliss-reactive ketones (excluding diaryl/α,β-unsaturated/α-hetero) is 1. The Labute approximate surface area is 215 Å². The normalized spacial score (nSPS) is 19.6. The van der Waals surface area contributed by atoms with Gasteiger partial charge in [-0.15, -0.1) is 0 Å². The number of allylic oxidation sites excluding steroid dienone is 2. The topological polar surface area (TPSA) is 93.1 Å². The maximum Gasteiger partial charge on any atom is 0.218 e. The number of pyridine rings is 1. The Kier molecular flexibility index (Phi) is 6.00. The van der Waals surface area contributed by atoms with Crippen LogP contribution < -0.4 is 0 Å². The van der Waals surface area contributed by atoms with E-state index in [1.807, 2.05) is 13.0 Å². The van der Waals surface area contributed by atoms with E-state index in [4.69, 9.17) is 0 Å². The summed E-state index contributed by atoms with van der Waals surface area (Å²) in [7, 11) is -3.67. The fourth-order valence-electron chi connectivity index (χ4n) is 5.06. The summed E-state index contributed by atoms with van der Waals surface area (Å²) < 4.78 is 42.7. The van der Waals surface area contributed by atoms with Crippen molar-refractivity contribution in [1.29, 1.82) is 0 Å². The van der Waals surface area contributed by atoms with E-state index in [0.29, 0.717) is 36.6 Å². The third-order valence-corrected chi connectivity index (χ3v) is 9.19. The number of hydrogen-bond acceptors (Lipinski definition) is 6. The van der Waals surface area contributed by atoms with Crippen molar-refractivity contribution in [2.45, 2.75) is 44.3 Å². The van der Waals surface area contributed by atoms with Crippen LogP contribution in [-0.2, 0) is 22.2 Å². The van der Waals surface area contributed by atoms with E-state index >= 15 is 4.39 Å². The van der Waals surface area contributed by atoms with Gasteiger partial charge in [0, 0.05) is 71.8 Å². The summed E-state index contributed by atoms with van der Waals surface area (Å²) in [5, 5.41) is 0. The van der Waals surface area contributed by atoms with Crippen LogP contribution in [0.4, 0.5) is 4.39 Å². The number of nitrogens with zero attached hydrogens (tertiary/aromatic N) is 4. The van der Waals surface area contributed by atoms with Crippen molar-refractivity contribution in [3.8, 4) is 11.1 Å². The van der Waals surface area contributed by atoms with Crippen molar-refractivity contribution in [2.75, 3.05) is 13.1 Å². The van der Waals surface area contributed by atoms with Gasteiger partial charge in [0.2, 0.25) is 10.0 Å². The molecule has 2 aliphatic carbocycles. The van der Waals surface area contributed by atoms with Crippen LogP contribution >= 0.6 is 0 Å². The number of aromatic nitrogens is 3. The second-order valence-electron chi connectivity index (χ2n) is 10.3. The molecule has 1 saturated carbocycles. The molecule has 1 aliphatic heterocycles. The van der Waals surface area contributed by atoms with Crippen LogP contribution in [-0.4, -0.2) is 46.5 Å². The maximum atomic E-state index is 15.5. The van der Waals surface area contributed by atoms with Gasteiger partial charge in [-0.1, -0.05) is 25.1 Å². The largest absolute Gasteiger partial charge is 0.288 e. The molecule has 0 N–H and O–H groups in total. The van der Waals surface area contributed by atoms with Gasteiger partial charge in [0.05, 0.1) is 17.0 Å². The summed E-state index contributed by atoms with van der Waals surface area (Å²) in [6, 6.07) is 6.25. The molecule has 1 saturated heterocycles. The van der Waals surface area contributed by atoms with Gasteiger partial charge in [0.1, 0.15) is 11.6 Å². The van der Waals surface area contributed by atoms with E-state index in [-0.39, 0.29) is 17.0 Å². The average Bonchev–Trinajstić information content (AvgIpc) is 3.51. The summed E-state index contributed by atoms with van der Waals surface area (Å²) >= 11 is 0. The number of fused-ring (bicyclic) bond motifs is 1. The van der Waals surface area contributed by atoms with Crippen molar-refractivity contribution >= 4 is 21.4 Å². The first kappa shape index (κ1) is 24.1. The Morgan fingerprint density at radius 2 is 1.84 bits per heavy atom. The predicted octanol–water partition coefficient (Wildman–Crippen LogP) is 4.55. The second kappa shape index (κ2) is 9.22. The van der Waals surface area contributed by atoms with Gasteiger partial charge >= 0.3 is 0 Å². The molecule has 3 aliphatic rings. The summed E-state index contributed by atoms with van der Waals surface area (Å²) in [4.78, 5) is 27.0. The fraction of sp³-hybridized carbons (Fsp3) is 0.357. The molecule has 3 aromatic rings. The van der Waals surface area contributed by atoms with E-state index in [2.05, 4.69) is 15.0 Å². The number of sulfonamides is 1. The molecule has 2 fully saturated rings. The number of carbonyl (C=O) groups is 1. The molecule has 0 amide bonds. The Balaban J connectivity index is 1.26. The lowest BCUT2D eigenvalue weighted by Crippen LogP contribution is -2.30. The van der Waals surface area contributed by atoms with Crippen molar-refractivity contribution < 1.29 is 17.6 Å². The lowest BCUT2D eigenvalue weighted by atomic mass is 9.96. The molecule has 3 heterocycles. The monoisotopic (exact) mass is 518 g/mol. The molecule has 1 aromatic carbocycles. The highest BCUT2D eigenvalue weighted by Crippen LogP contribution is 2.38. The van der Waals surface area contributed by atoms with Gasteiger partial charge in [-0.05, 0) is 37.3 Å². The van der Waals surface area contributed by atoms with Crippen molar-refractivity contribution in [3.05, 3.63) is 83.0 Å². The van der Waals surface area contributed by atoms with Gasteiger partial charge in [0.15, 0.2) is 5.78 Å². The molecule has 6 rings (SSSR count). The standard InChI is InChI=1S/C28H27FN4O3S/c1-17-9-10-33(15-17)37(35,36)16-19-3-2-4-23(26(19)29)27(34)22-7-8-25-24(22)11-20(12-30-25)21-13-31-28(32-14-21)18-5-6-18/h2-4,7,11-14,17-18H,5-6,8-10,15-16H2,1H3. The van der Waals surface area contributed by atoms with Crippen molar-refractivity contribution in [3.63, 3.8) is 0 Å². The van der Waals surface area contributed by atoms with Crippen LogP contribution in [0.2, 0.25) is 0 Å². The van der Waals surface area contributed by atoms with Crippen LogP contribution in [0.5, 0.6) is 0 Å². The van der Waals surface area contributed by atoms with Gasteiger partial charge in [-0.3, -0.25) is 9.78 Å². The molecule has 0 radical (unpaired) electrons. The van der Waals surface area contributed by atoms with Crippen molar-refractivity contribution in [2.24, 2.45) is 5.92 Å². The number of halogens is 1. The minimum absolute atomic E-state index is 0.00370. The SMILES string of the molecule is CC1CCN(S(=O)(=O)Cc2cccc(C(=O)C3=CCc4ncc(-c5cnc(C6CC6)nc5)cc43)c2F)C1. The highest BCUT2D eigenvalue weighted by molar-refractivity contribution is 7.88. The summed E-state index contributed by atoms with van der Waals surface area (Å²) in [6.07, 6.45) is 10.5. The molecule has 190 valence electrons. The molecule has 1 unspecified atom stereocenters. The molecule has 37 heavy (non-hydrogen) atoms. The Morgan fingerprint density at radius 1 is 1.08 bits per heavy atom. The zero-order valence-corrected chi connectivity index (χ0v) is 21.3. The van der Waals surface area contributed by atoms with Gasteiger partial charge in [-0.2, -0.15) is 0 Å². The molecule has 7 nitrogen and oxygen atoms in total. The van der Waals surface area contributed by atoms with Crippen molar-refractivity contribution in [1.82, 2.24) is 19.3 Å². The van der Waals surface area contributed by atoms with E-state index in [0.717, 1.165) is 41.9 Å². The zero-order chi connectivity index (χ0) is 25.7. The minimum atomic E-state index is -3.67. The molecule has 0 bridgehead atoms. The number of benzene rings is 1. The maximum absolute atomic E-state index is 15.5. The first-order valence-electron chi connectivity index (χ1n) is 12.6. The smallest absolute Gasteiger partial charge is 0.218 e. The molecule has 9 heteroatoms. The number of rotatable bonds is 7. The van der Waals surface area contributed by atoms with Crippen LogP contribution in [0.1, 0.15) is 65.1 Å². The third kappa shape index (κ3) is 4.62. The van der Waals surface area contributed by atoms with Gasteiger partial charge in [-0.25, -0.2) is 27.1 Å². The van der Waals surface area contributed by atoms with Crippen LogP contribution in [0.25, 0.3) is 16.7 Å². The van der Waals surface area contributed by atoms with E-state index in [1.165, 1.54) is 22.5 Å². The highest BCUT2D eigenvalue weighted by Gasteiger charge is 2.32. The summed E-state index contributed by atoms with van der Waals surface area (Å²) in [5.41, 5.74) is 3.21.